The number of benzene rings is 1. The second kappa shape index (κ2) is 8.36. The molecule has 2 rings (SSSR count). The van der Waals surface area contributed by atoms with Crippen LogP contribution in [0, 0.1) is 0 Å². The zero-order valence-corrected chi connectivity index (χ0v) is 14.5. The fourth-order valence-corrected chi connectivity index (χ4v) is 2.07. The van der Waals surface area contributed by atoms with Crippen LogP contribution >= 0.6 is 0 Å². The molecule has 0 spiro atoms. The molecule has 0 aliphatic heterocycles. The molecule has 1 aromatic rings. The molecule has 1 aromatic carbocycles. The molecule has 1 aliphatic rings. The third kappa shape index (κ3) is 5.37. The molecule has 1 fully saturated rings. The second-order valence-corrected chi connectivity index (χ2v) is 5.67. The molecular formula is C17H22N2O6. The minimum atomic E-state index is -0.897. The van der Waals surface area contributed by atoms with Crippen molar-refractivity contribution in [3.05, 3.63) is 23.8 Å². The highest BCUT2D eigenvalue weighted by Crippen LogP contribution is 2.27. The van der Waals surface area contributed by atoms with Crippen LogP contribution in [0.2, 0.25) is 0 Å². The summed E-state index contributed by atoms with van der Waals surface area (Å²) < 4.78 is 15.2. The Hall–Kier alpha value is -2.77. The summed E-state index contributed by atoms with van der Waals surface area (Å²) in [5.41, 5.74) is 0.310. The standard InChI is InChI=1S/C17H22N2O6/c1-10(16(21)19-12-5-6-12)25-15(20)9-18-17(22)11-4-7-13(23-2)14(8-11)24-3/h4,7-8,10,12H,5-6,9H2,1-3H3,(H,18,22)(H,19,21). The van der Waals surface area contributed by atoms with Gasteiger partial charge in [-0.05, 0) is 38.0 Å². The van der Waals surface area contributed by atoms with Gasteiger partial charge in [0.2, 0.25) is 0 Å². The summed E-state index contributed by atoms with van der Waals surface area (Å²) in [4.78, 5) is 35.6. The van der Waals surface area contributed by atoms with Gasteiger partial charge in [0.1, 0.15) is 6.54 Å². The van der Waals surface area contributed by atoms with Crippen LogP contribution < -0.4 is 20.1 Å². The van der Waals surface area contributed by atoms with Crippen LogP contribution in [0.5, 0.6) is 11.5 Å². The molecule has 0 heterocycles. The van der Waals surface area contributed by atoms with Crippen LogP contribution in [-0.4, -0.2) is 50.7 Å². The smallest absolute Gasteiger partial charge is 0.326 e. The Balaban J connectivity index is 1.82. The molecule has 0 aromatic heterocycles. The summed E-state index contributed by atoms with van der Waals surface area (Å²) in [5, 5.41) is 5.19. The van der Waals surface area contributed by atoms with Crippen LogP contribution in [0.3, 0.4) is 0 Å². The maximum Gasteiger partial charge on any atom is 0.326 e. The van der Waals surface area contributed by atoms with Crippen LogP contribution in [-0.2, 0) is 14.3 Å². The van der Waals surface area contributed by atoms with Gasteiger partial charge in [-0.25, -0.2) is 0 Å². The Kier molecular flexibility index (Phi) is 6.21. The highest BCUT2D eigenvalue weighted by molar-refractivity contribution is 5.96. The number of esters is 1. The quantitative estimate of drug-likeness (QED) is 0.667. The Morgan fingerprint density at radius 1 is 1.16 bits per heavy atom. The predicted octanol–water partition coefficient (Wildman–Crippen LogP) is 0.644. The van der Waals surface area contributed by atoms with Crippen molar-refractivity contribution in [2.75, 3.05) is 20.8 Å². The molecule has 1 unspecified atom stereocenters. The SMILES string of the molecule is COc1ccc(C(=O)NCC(=O)OC(C)C(=O)NC2CC2)cc1OC. The first-order valence-electron chi connectivity index (χ1n) is 7.94. The molecule has 1 atom stereocenters. The summed E-state index contributed by atoms with van der Waals surface area (Å²) in [6, 6.07) is 4.84. The van der Waals surface area contributed by atoms with E-state index in [1.165, 1.54) is 27.2 Å². The number of hydrogen-bond donors (Lipinski definition) is 2. The van der Waals surface area contributed by atoms with Gasteiger partial charge in [-0.1, -0.05) is 0 Å². The van der Waals surface area contributed by atoms with E-state index in [9.17, 15) is 14.4 Å². The zero-order valence-electron chi connectivity index (χ0n) is 14.5. The van der Waals surface area contributed by atoms with Gasteiger partial charge < -0.3 is 24.8 Å². The van der Waals surface area contributed by atoms with Gasteiger partial charge in [-0.3, -0.25) is 14.4 Å². The molecule has 8 heteroatoms. The van der Waals surface area contributed by atoms with Gasteiger partial charge in [-0.2, -0.15) is 0 Å². The van der Waals surface area contributed by atoms with Crippen LogP contribution in [0.15, 0.2) is 18.2 Å². The van der Waals surface area contributed by atoms with E-state index in [1.807, 2.05) is 0 Å². The average molecular weight is 350 g/mol. The van der Waals surface area contributed by atoms with Gasteiger partial charge in [0, 0.05) is 11.6 Å². The maximum atomic E-state index is 12.1. The maximum absolute atomic E-state index is 12.1. The molecule has 2 N–H and O–H groups in total. The molecule has 1 saturated carbocycles. The minimum absolute atomic E-state index is 0.193. The number of carbonyl (C=O) groups is 3. The Morgan fingerprint density at radius 3 is 2.44 bits per heavy atom. The van der Waals surface area contributed by atoms with Gasteiger partial charge in [0.25, 0.3) is 11.8 Å². The van der Waals surface area contributed by atoms with Gasteiger partial charge in [0.05, 0.1) is 14.2 Å². The zero-order chi connectivity index (χ0) is 18.4. The molecular weight excluding hydrogens is 328 g/mol. The summed E-state index contributed by atoms with van der Waals surface area (Å²) >= 11 is 0. The monoisotopic (exact) mass is 350 g/mol. The van der Waals surface area contributed by atoms with Crippen molar-refractivity contribution in [1.82, 2.24) is 10.6 Å². The van der Waals surface area contributed by atoms with Crippen LogP contribution in [0.4, 0.5) is 0 Å². The van der Waals surface area contributed by atoms with Crippen LogP contribution in [0.25, 0.3) is 0 Å². The number of carbonyl (C=O) groups excluding carboxylic acids is 3. The third-order valence-corrected chi connectivity index (χ3v) is 3.64. The lowest BCUT2D eigenvalue weighted by Gasteiger charge is -2.13. The number of rotatable bonds is 8. The Labute approximate surface area is 145 Å². The largest absolute Gasteiger partial charge is 0.493 e. The van der Waals surface area contributed by atoms with Crippen molar-refractivity contribution in [2.45, 2.75) is 31.9 Å². The lowest BCUT2D eigenvalue weighted by atomic mass is 10.2. The first-order valence-corrected chi connectivity index (χ1v) is 7.94. The topological polar surface area (TPSA) is 103 Å². The number of ether oxygens (including phenoxy) is 3. The highest BCUT2D eigenvalue weighted by atomic mass is 16.5. The molecule has 0 bridgehead atoms. The van der Waals surface area contributed by atoms with Gasteiger partial charge >= 0.3 is 5.97 Å². The van der Waals surface area contributed by atoms with E-state index in [2.05, 4.69) is 10.6 Å². The van der Waals surface area contributed by atoms with Crippen molar-refractivity contribution in [3.8, 4) is 11.5 Å². The van der Waals surface area contributed by atoms with E-state index >= 15 is 0 Å². The van der Waals surface area contributed by atoms with Crippen molar-refractivity contribution in [2.24, 2.45) is 0 Å². The predicted molar refractivity (Wildman–Crippen MR) is 88.6 cm³/mol. The number of nitrogens with one attached hydrogen (secondary N) is 2. The Bertz CT molecular complexity index is 657. The number of amides is 2. The number of methoxy groups -OCH3 is 2. The van der Waals surface area contributed by atoms with E-state index in [0.717, 1.165) is 12.8 Å². The fourth-order valence-electron chi connectivity index (χ4n) is 2.07. The first-order chi connectivity index (χ1) is 11.9. The second-order valence-electron chi connectivity index (χ2n) is 5.67. The molecule has 136 valence electrons. The van der Waals surface area contributed by atoms with Crippen LogP contribution in [0.1, 0.15) is 30.1 Å². The lowest BCUT2D eigenvalue weighted by molar-refractivity contribution is -0.153. The molecule has 1 aliphatic carbocycles. The molecule has 8 nitrogen and oxygen atoms in total. The third-order valence-electron chi connectivity index (χ3n) is 3.64. The fraction of sp³-hybridized carbons (Fsp3) is 0.471. The van der Waals surface area contributed by atoms with Crippen molar-refractivity contribution < 1.29 is 28.6 Å². The van der Waals surface area contributed by atoms with E-state index in [-0.39, 0.29) is 18.5 Å². The molecule has 0 radical (unpaired) electrons. The highest BCUT2D eigenvalue weighted by Gasteiger charge is 2.27. The Morgan fingerprint density at radius 2 is 1.84 bits per heavy atom. The summed E-state index contributed by atoms with van der Waals surface area (Å²) in [6.07, 6.45) is 1.01. The van der Waals surface area contributed by atoms with Crippen molar-refractivity contribution >= 4 is 17.8 Å². The van der Waals surface area contributed by atoms with Gasteiger partial charge in [0.15, 0.2) is 17.6 Å². The van der Waals surface area contributed by atoms with Crippen molar-refractivity contribution in [3.63, 3.8) is 0 Å². The minimum Gasteiger partial charge on any atom is -0.493 e. The van der Waals surface area contributed by atoms with Crippen molar-refractivity contribution in [1.29, 1.82) is 0 Å². The summed E-state index contributed by atoms with van der Waals surface area (Å²) in [5.74, 6) is -0.584. The lowest BCUT2D eigenvalue weighted by Crippen LogP contribution is -2.39. The molecule has 0 saturated heterocycles. The van der Waals surface area contributed by atoms with E-state index in [0.29, 0.717) is 17.1 Å². The number of hydrogen-bond acceptors (Lipinski definition) is 6. The summed E-state index contributed by atoms with van der Waals surface area (Å²) in [6.45, 7) is 1.15. The van der Waals surface area contributed by atoms with E-state index in [1.54, 1.807) is 12.1 Å². The molecule has 25 heavy (non-hydrogen) atoms. The summed E-state index contributed by atoms with van der Waals surface area (Å²) in [7, 11) is 2.96. The van der Waals surface area contributed by atoms with E-state index < -0.39 is 18.0 Å². The van der Waals surface area contributed by atoms with Gasteiger partial charge in [-0.15, -0.1) is 0 Å². The van der Waals surface area contributed by atoms with E-state index in [4.69, 9.17) is 14.2 Å². The molecule has 2 amide bonds. The normalized spacial score (nSPS) is 14.2. The average Bonchev–Trinajstić information content (AvgIpc) is 3.42. The first kappa shape index (κ1) is 18.6.